The minimum Gasteiger partial charge on any atom is -0.484 e. The molecule has 126 valence electrons. The highest BCUT2D eigenvalue weighted by molar-refractivity contribution is 5.99. The van der Waals surface area contributed by atoms with Gasteiger partial charge in [-0.3, -0.25) is 9.78 Å². The predicted molar refractivity (Wildman–Crippen MR) is 95.2 cm³/mol. The first-order valence-corrected chi connectivity index (χ1v) is 7.83. The third-order valence-electron chi connectivity index (χ3n) is 3.54. The third kappa shape index (κ3) is 5.19. The molecule has 0 aliphatic heterocycles. The Morgan fingerprint density at radius 2 is 1.75 bits per heavy atom. The molecule has 0 aliphatic carbocycles. The van der Waals surface area contributed by atoms with Crippen LogP contribution in [-0.4, -0.2) is 23.2 Å². The molecule has 0 saturated carbocycles. The number of nitrogens with one attached hydrogen (secondary N) is 1. The summed E-state index contributed by atoms with van der Waals surface area (Å²) in [5, 5.41) is 4.06. The number of ether oxygens (including phenoxy) is 1. The maximum absolute atomic E-state index is 11.8. The van der Waals surface area contributed by atoms with Crippen molar-refractivity contribution in [3.63, 3.8) is 0 Å². The molecule has 1 aromatic heterocycles. The van der Waals surface area contributed by atoms with Crippen LogP contribution in [-0.2, 0) is 10.2 Å². The second-order valence-electron chi connectivity index (χ2n) is 6.53. The molecule has 0 atom stereocenters. The number of carbonyl (C=O) groups excluding carboxylic acids is 1. The average Bonchev–Trinajstić information content (AvgIpc) is 2.58. The Morgan fingerprint density at radius 3 is 2.33 bits per heavy atom. The standard InChI is InChI=1S/C19H23N3O2/c1-14(15-9-11-20-12-10-15)21-22-18(23)13-24-17-7-5-16(6-8-17)19(2,3)4/h5-12H,13H2,1-4H3,(H,22,23). The van der Waals surface area contributed by atoms with Gasteiger partial charge in [-0.1, -0.05) is 32.9 Å². The van der Waals surface area contributed by atoms with Crippen LogP contribution in [0.5, 0.6) is 5.75 Å². The summed E-state index contributed by atoms with van der Waals surface area (Å²) in [6.07, 6.45) is 3.36. The molecule has 1 N–H and O–H groups in total. The summed E-state index contributed by atoms with van der Waals surface area (Å²) in [6, 6.07) is 11.4. The largest absolute Gasteiger partial charge is 0.484 e. The third-order valence-corrected chi connectivity index (χ3v) is 3.54. The first-order chi connectivity index (χ1) is 11.4. The van der Waals surface area contributed by atoms with Crippen molar-refractivity contribution >= 4 is 11.6 Å². The van der Waals surface area contributed by atoms with Crippen molar-refractivity contribution in [2.24, 2.45) is 5.10 Å². The summed E-state index contributed by atoms with van der Waals surface area (Å²) in [7, 11) is 0. The molecule has 5 heteroatoms. The SMILES string of the molecule is CC(=NNC(=O)COc1ccc(C(C)(C)C)cc1)c1ccncc1. The van der Waals surface area contributed by atoms with E-state index in [2.05, 4.69) is 36.3 Å². The molecular weight excluding hydrogens is 302 g/mol. The van der Waals surface area contributed by atoms with Gasteiger partial charge in [-0.05, 0) is 42.2 Å². The Hall–Kier alpha value is -2.69. The predicted octanol–water partition coefficient (Wildman–Crippen LogP) is 3.30. The topological polar surface area (TPSA) is 63.6 Å². The smallest absolute Gasteiger partial charge is 0.277 e. The van der Waals surface area contributed by atoms with Gasteiger partial charge in [0.1, 0.15) is 5.75 Å². The average molecular weight is 325 g/mol. The molecule has 0 unspecified atom stereocenters. The van der Waals surface area contributed by atoms with E-state index in [0.717, 1.165) is 5.56 Å². The number of aromatic nitrogens is 1. The van der Waals surface area contributed by atoms with Crippen LogP contribution in [0.3, 0.4) is 0 Å². The summed E-state index contributed by atoms with van der Waals surface area (Å²) in [6.45, 7) is 8.20. The molecule has 1 heterocycles. The maximum atomic E-state index is 11.8. The van der Waals surface area contributed by atoms with Crippen molar-refractivity contribution in [2.45, 2.75) is 33.1 Å². The van der Waals surface area contributed by atoms with Gasteiger partial charge in [0, 0.05) is 18.0 Å². The molecule has 0 radical (unpaired) electrons. The number of pyridine rings is 1. The van der Waals surface area contributed by atoms with Gasteiger partial charge in [0.2, 0.25) is 0 Å². The van der Waals surface area contributed by atoms with E-state index in [1.54, 1.807) is 12.4 Å². The molecule has 0 bridgehead atoms. The molecule has 0 spiro atoms. The second-order valence-corrected chi connectivity index (χ2v) is 6.53. The van der Waals surface area contributed by atoms with Crippen LogP contribution >= 0.6 is 0 Å². The van der Waals surface area contributed by atoms with Crippen molar-refractivity contribution < 1.29 is 9.53 Å². The van der Waals surface area contributed by atoms with Gasteiger partial charge < -0.3 is 4.74 Å². The fourth-order valence-electron chi connectivity index (χ4n) is 2.04. The van der Waals surface area contributed by atoms with Crippen molar-refractivity contribution in [3.05, 3.63) is 59.9 Å². The second kappa shape index (κ2) is 7.73. The van der Waals surface area contributed by atoms with E-state index >= 15 is 0 Å². The van der Waals surface area contributed by atoms with Crippen molar-refractivity contribution in [1.29, 1.82) is 0 Å². The lowest BCUT2D eigenvalue weighted by Gasteiger charge is -2.19. The number of nitrogens with zero attached hydrogens (tertiary/aromatic N) is 2. The van der Waals surface area contributed by atoms with Crippen LogP contribution in [0.1, 0.15) is 38.8 Å². The molecule has 5 nitrogen and oxygen atoms in total. The zero-order valence-electron chi connectivity index (χ0n) is 14.5. The van der Waals surface area contributed by atoms with E-state index in [1.807, 2.05) is 43.3 Å². The van der Waals surface area contributed by atoms with Gasteiger partial charge in [-0.2, -0.15) is 5.10 Å². The van der Waals surface area contributed by atoms with E-state index in [1.165, 1.54) is 5.56 Å². The molecule has 1 amide bonds. The van der Waals surface area contributed by atoms with Crippen LogP contribution in [0.25, 0.3) is 0 Å². The Balaban J connectivity index is 1.85. The normalized spacial score (nSPS) is 11.9. The lowest BCUT2D eigenvalue weighted by Crippen LogP contribution is -2.25. The lowest BCUT2D eigenvalue weighted by atomic mass is 9.87. The molecular formula is C19H23N3O2. The van der Waals surface area contributed by atoms with E-state index in [4.69, 9.17) is 4.74 Å². The van der Waals surface area contributed by atoms with Gasteiger partial charge in [0.25, 0.3) is 5.91 Å². The number of carbonyl (C=O) groups is 1. The van der Waals surface area contributed by atoms with Crippen LogP contribution in [0.2, 0.25) is 0 Å². The van der Waals surface area contributed by atoms with Crippen molar-refractivity contribution in [3.8, 4) is 5.75 Å². The summed E-state index contributed by atoms with van der Waals surface area (Å²) in [4.78, 5) is 15.8. The maximum Gasteiger partial charge on any atom is 0.277 e. The van der Waals surface area contributed by atoms with Gasteiger partial charge in [-0.25, -0.2) is 5.43 Å². The van der Waals surface area contributed by atoms with E-state index in [9.17, 15) is 4.79 Å². The summed E-state index contributed by atoms with van der Waals surface area (Å²) < 4.78 is 5.48. The summed E-state index contributed by atoms with van der Waals surface area (Å²) in [5.41, 5.74) is 5.42. The number of amides is 1. The van der Waals surface area contributed by atoms with Crippen LogP contribution in [0.15, 0.2) is 53.9 Å². The van der Waals surface area contributed by atoms with Crippen LogP contribution in [0.4, 0.5) is 0 Å². The van der Waals surface area contributed by atoms with Gasteiger partial charge >= 0.3 is 0 Å². The quantitative estimate of drug-likeness (QED) is 0.677. The zero-order chi connectivity index (χ0) is 17.6. The summed E-state index contributed by atoms with van der Waals surface area (Å²) >= 11 is 0. The van der Waals surface area contributed by atoms with Crippen LogP contribution < -0.4 is 10.2 Å². The number of benzene rings is 1. The number of rotatable bonds is 5. The minimum atomic E-state index is -0.302. The number of hydrogen-bond donors (Lipinski definition) is 1. The Labute approximate surface area is 142 Å². The zero-order valence-corrected chi connectivity index (χ0v) is 14.5. The first-order valence-electron chi connectivity index (χ1n) is 7.83. The van der Waals surface area contributed by atoms with E-state index < -0.39 is 0 Å². The number of hydrogen-bond acceptors (Lipinski definition) is 4. The first kappa shape index (κ1) is 17.7. The lowest BCUT2D eigenvalue weighted by molar-refractivity contribution is -0.123. The Kier molecular flexibility index (Phi) is 5.68. The highest BCUT2D eigenvalue weighted by Crippen LogP contribution is 2.24. The summed E-state index contributed by atoms with van der Waals surface area (Å²) in [5.74, 6) is 0.358. The molecule has 24 heavy (non-hydrogen) atoms. The number of hydrazone groups is 1. The molecule has 0 saturated heterocycles. The highest BCUT2D eigenvalue weighted by Gasteiger charge is 2.13. The molecule has 0 fully saturated rings. The van der Waals surface area contributed by atoms with E-state index in [0.29, 0.717) is 11.5 Å². The molecule has 2 rings (SSSR count). The molecule has 2 aromatic rings. The monoisotopic (exact) mass is 325 g/mol. The Bertz CT molecular complexity index is 702. The van der Waals surface area contributed by atoms with Gasteiger partial charge in [0.05, 0.1) is 5.71 Å². The van der Waals surface area contributed by atoms with Crippen molar-refractivity contribution in [2.75, 3.05) is 6.61 Å². The Morgan fingerprint density at radius 1 is 1.12 bits per heavy atom. The highest BCUT2D eigenvalue weighted by atomic mass is 16.5. The van der Waals surface area contributed by atoms with Crippen LogP contribution in [0, 0.1) is 0 Å². The van der Waals surface area contributed by atoms with Gasteiger partial charge in [-0.15, -0.1) is 0 Å². The fraction of sp³-hybridized carbons (Fsp3) is 0.316. The molecule has 1 aromatic carbocycles. The fourth-order valence-corrected chi connectivity index (χ4v) is 2.04. The minimum absolute atomic E-state index is 0.0814. The molecule has 0 aliphatic rings. The van der Waals surface area contributed by atoms with Crippen molar-refractivity contribution in [1.82, 2.24) is 10.4 Å². The van der Waals surface area contributed by atoms with Gasteiger partial charge in [0.15, 0.2) is 6.61 Å². The van der Waals surface area contributed by atoms with E-state index in [-0.39, 0.29) is 17.9 Å².